The first kappa shape index (κ1) is 12.0. The van der Waals surface area contributed by atoms with Gasteiger partial charge >= 0.3 is 0 Å². The van der Waals surface area contributed by atoms with Gasteiger partial charge in [0.1, 0.15) is 0 Å². The number of halogens is 1. The van der Waals surface area contributed by atoms with Crippen LogP contribution in [0.2, 0.25) is 0 Å². The molecule has 0 bridgehead atoms. The van der Waals surface area contributed by atoms with E-state index in [0.29, 0.717) is 0 Å². The van der Waals surface area contributed by atoms with Crippen molar-refractivity contribution in [3.8, 4) is 0 Å². The minimum absolute atomic E-state index is 0.454. The normalized spacial score (nSPS) is 18.2. The molecule has 0 aliphatic heterocycles. The van der Waals surface area contributed by atoms with E-state index in [1.807, 2.05) is 6.92 Å². The van der Waals surface area contributed by atoms with Gasteiger partial charge in [-0.25, -0.2) is 0 Å². The van der Waals surface area contributed by atoms with Crippen LogP contribution in [0.5, 0.6) is 0 Å². The van der Waals surface area contributed by atoms with E-state index in [4.69, 9.17) is 11.6 Å². The third-order valence-corrected chi connectivity index (χ3v) is 2.56. The van der Waals surface area contributed by atoms with E-state index in [0.717, 1.165) is 12.8 Å². The SMILES string of the molecule is CC(C)=CCCC(C)(Cl)C(C)O. The van der Waals surface area contributed by atoms with Crippen molar-refractivity contribution in [2.24, 2.45) is 0 Å². The predicted octanol–water partition coefficient (Wildman–Crippen LogP) is 3.11. The Hall–Kier alpha value is -0.0100. The quantitative estimate of drug-likeness (QED) is 0.534. The van der Waals surface area contributed by atoms with E-state index in [9.17, 15) is 5.11 Å². The lowest BCUT2D eigenvalue weighted by atomic mass is 9.98. The van der Waals surface area contributed by atoms with Crippen LogP contribution in [-0.2, 0) is 0 Å². The predicted molar refractivity (Wildman–Crippen MR) is 54.6 cm³/mol. The average molecular weight is 191 g/mol. The summed E-state index contributed by atoms with van der Waals surface area (Å²) in [6, 6.07) is 0. The Bertz CT molecular complexity index is 155. The molecule has 0 fully saturated rings. The van der Waals surface area contributed by atoms with Crippen LogP contribution >= 0.6 is 11.6 Å². The maximum Gasteiger partial charge on any atom is 0.0701 e. The molecule has 0 aliphatic rings. The van der Waals surface area contributed by atoms with Crippen LogP contribution in [0.3, 0.4) is 0 Å². The molecule has 2 unspecified atom stereocenters. The van der Waals surface area contributed by atoms with Crippen LogP contribution in [-0.4, -0.2) is 16.1 Å². The lowest BCUT2D eigenvalue weighted by molar-refractivity contribution is 0.146. The van der Waals surface area contributed by atoms with Crippen LogP contribution in [0.1, 0.15) is 40.5 Å². The summed E-state index contributed by atoms with van der Waals surface area (Å²) in [7, 11) is 0. The first-order valence-corrected chi connectivity index (χ1v) is 4.74. The molecule has 0 spiro atoms. The highest BCUT2D eigenvalue weighted by Crippen LogP contribution is 2.25. The topological polar surface area (TPSA) is 20.2 Å². The number of rotatable bonds is 4. The maximum atomic E-state index is 9.29. The van der Waals surface area contributed by atoms with Gasteiger partial charge in [0.05, 0.1) is 11.0 Å². The second kappa shape index (κ2) is 4.88. The van der Waals surface area contributed by atoms with Gasteiger partial charge in [-0.3, -0.25) is 0 Å². The van der Waals surface area contributed by atoms with Crippen molar-refractivity contribution in [3.05, 3.63) is 11.6 Å². The number of aliphatic hydroxyl groups is 1. The monoisotopic (exact) mass is 190 g/mol. The second-order valence-electron chi connectivity index (χ2n) is 3.77. The van der Waals surface area contributed by atoms with Crippen molar-refractivity contribution in [1.82, 2.24) is 0 Å². The Kier molecular flexibility index (Phi) is 4.88. The van der Waals surface area contributed by atoms with Gasteiger partial charge in [-0.2, -0.15) is 0 Å². The van der Waals surface area contributed by atoms with Gasteiger partial charge in [0.2, 0.25) is 0 Å². The molecule has 0 amide bonds. The zero-order valence-corrected chi connectivity index (χ0v) is 9.15. The fourth-order valence-electron chi connectivity index (χ4n) is 0.852. The summed E-state index contributed by atoms with van der Waals surface area (Å²) in [6.07, 6.45) is 3.44. The van der Waals surface area contributed by atoms with Gasteiger partial charge in [0.25, 0.3) is 0 Å². The van der Waals surface area contributed by atoms with Gasteiger partial charge in [-0.1, -0.05) is 11.6 Å². The van der Waals surface area contributed by atoms with E-state index in [-0.39, 0.29) is 0 Å². The Morgan fingerprint density at radius 1 is 1.58 bits per heavy atom. The van der Waals surface area contributed by atoms with E-state index in [2.05, 4.69) is 19.9 Å². The Balaban J connectivity index is 3.84. The summed E-state index contributed by atoms with van der Waals surface area (Å²) in [5, 5.41) is 9.29. The number of hydrogen-bond acceptors (Lipinski definition) is 1. The van der Waals surface area contributed by atoms with E-state index >= 15 is 0 Å². The minimum atomic E-state index is -0.480. The Labute approximate surface area is 80.4 Å². The minimum Gasteiger partial charge on any atom is -0.392 e. The fourth-order valence-corrected chi connectivity index (χ4v) is 0.961. The van der Waals surface area contributed by atoms with E-state index in [1.165, 1.54) is 5.57 Å². The molecule has 0 rings (SSSR count). The number of aliphatic hydroxyl groups excluding tert-OH is 1. The van der Waals surface area contributed by atoms with Crippen molar-refractivity contribution in [3.63, 3.8) is 0 Å². The van der Waals surface area contributed by atoms with Crippen molar-refractivity contribution in [1.29, 1.82) is 0 Å². The zero-order valence-electron chi connectivity index (χ0n) is 8.39. The molecule has 2 atom stereocenters. The molecule has 0 heterocycles. The van der Waals surface area contributed by atoms with Crippen LogP contribution in [0.15, 0.2) is 11.6 Å². The molecule has 1 N–H and O–H groups in total. The largest absolute Gasteiger partial charge is 0.392 e. The summed E-state index contributed by atoms with van der Waals surface area (Å²) in [6.45, 7) is 7.73. The molecular formula is C10H19ClO. The number of alkyl halides is 1. The van der Waals surface area contributed by atoms with E-state index < -0.39 is 11.0 Å². The maximum absolute atomic E-state index is 9.29. The van der Waals surface area contributed by atoms with Gasteiger partial charge in [-0.15, -0.1) is 11.6 Å². The number of allylic oxidation sites excluding steroid dienone is 2. The highest BCUT2D eigenvalue weighted by atomic mass is 35.5. The van der Waals surface area contributed by atoms with Gasteiger partial charge in [0, 0.05) is 0 Å². The average Bonchev–Trinajstić information content (AvgIpc) is 1.85. The second-order valence-corrected chi connectivity index (χ2v) is 4.64. The van der Waals surface area contributed by atoms with Gasteiger partial charge in [-0.05, 0) is 40.5 Å². The summed E-state index contributed by atoms with van der Waals surface area (Å²) in [5.74, 6) is 0. The molecule has 0 saturated carbocycles. The molecule has 12 heavy (non-hydrogen) atoms. The van der Waals surface area contributed by atoms with Crippen molar-refractivity contribution in [2.75, 3.05) is 0 Å². The molecule has 0 aliphatic carbocycles. The van der Waals surface area contributed by atoms with Gasteiger partial charge in [0.15, 0.2) is 0 Å². The lowest BCUT2D eigenvalue weighted by Gasteiger charge is -2.24. The van der Waals surface area contributed by atoms with Crippen LogP contribution in [0.4, 0.5) is 0 Å². The van der Waals surface area contributed by atoms with Crippen molar-refractivity contribution < 1.29 is 5.11 Å². The molecule has 2 heteroatoms. The van der Waals surface area contributed by atoms with E-state index in [1.54, 1.807) is 6.92 Å². The molecule has 72 valence electrons. The third kappa shape index (κ3) is 4.78. The molecule has 0 saturated heterocycles. The first-order chi connectivity index (χ1) is 5.36. The molecule has 0 radical (unpaired) electrons. The summed E-state index contributed by atoms with van der Waals surface area (Å²) >= 11 is 6.08. The van der Waals surface area contributed by atoms with Crippen LogP contribution in [0, 0.1) is 0 Å². The number of hydrogen-bond donors (Lipinski definition) is 1. The van der Waals surface area contributed by atoms with Crippen LogP contribution < -0.4 is 0 Å². The standard InChI is InChI=1S/C10H19ClO/c1-8(2)6-5-7-10(4,11)9(3)12/h6,9,12H,5,7H2,1-4H3. The Morgan fingerprint density at radius 3 is 2.42 bits per heavy atom. The highest BCUT2D eigenvalue weighted by molar-refractivity contribution is 6.24. The zero-order chi connectivity index (χ0) is 9.78. The summed E-state index contributed by atoms with van der Waals surface area (Å²) in [4.78, 5) is -0.480. The molecular weight excluding hydrogens is 172 g/mol. The van der Waals surface area contributed by atoms with Gasteiger partial charge < -0.3 is 5.11 Å². The lowest BCUT2D eigenvalue weighted by Crippen LogP contribution is -2.30. The molecule has 1 nitrogen and oxygen atoms in total. The molecule has 0 aromatic heterocycles. The molecule has 0 aromatic carbocycles. The Morgan fingerprint density at radius 2 is 2.08 bits per heavy atom. The van der Waals surface area contributed by atoms with Crippen LogP contribution in [0.25, 0.3) is 0 Å². The summed E-state index contributed by atoms with van der Waals surface area (Å²) < 4.78 is 0. The highest BCUT2D eigenvalue weighted by Gasteiger charge is 2.25. The molecule has 0 aromatic rings. The summed E-state index contributed by atoms with van der Waals surface area (Å²) in [5.41, 5.74) is 1.30. The first-order valence-electron chi connectivity index (χ1n) is 4.36. The third-order valence-electron chi connectivity index (χ3n) is 2.06. The van der Waals surface area contributed by atoms with Crippen molar-refractivity contribution in [2.45, 2.75) is 51.5 Å². The smallest absolute Gasteiger partial charge is 0.0701 e. The van der Waals surface area contributed by atoms with Crippen molar-refractivity contribution >= 4 is 11.6 Å². The fraction of sp³-hybridized carbons (Fsp3) is 0.800.